The van der Waals surface area contributed by atoms with Crippen LogP contribution in [0.3, 0.4) is 0 Å². The van der Waals surface area contributed by atoms with E-state index in [1.54, 1.807) is 41.1 Å². The second-order valence-electron chi connectivity index (χ2n) is 7.74. The van der Waals surface area contributed by atoms with Crippen LogP contribution >= 0.6 is 0 Å². The van der Waals surface area contributed by atoms with Gasteiger partial charge in [0.05, 0.1) is 6.61 Å². The fraction of sp³-hybridized carbons (Fsp3) is 0.292. The van der Waals surface area contributed by atoms with E-state index in [2.05, 4.69) is 9.72 Å². The number of benzene rings is 1. The highest BCUT2D eigenvalue weighted by Gasteiger charge is 2.42. The second-order valence-corrected chi connectivity index (χ2v) is 7.74. The number of ether oxygens (including phenoxy) is 1. The van der Waals surface area contributed by atoms with E-state index < -0.39 is 18.3 Å². The first-order chi connectivity index (χ1) is 15.3. The number of halogens is 2. The Hall–Kier alpha value is -3.55. The Morgan fingerprint density at radius 2 is 2.09 bits per heavy atom. The molecular formula is C24H22F2N2O4. The highest BCUT2D eigenvalue weighted by atomic mass is 19.3. The van der Waals surface area contributed by atoms with Crippen molar-refractivity contribution in [2.75, 3.05) is 6.61 Å². The minimum absolute atomic E-state index is 0.0998. The van der Waals surface area contributed by atoms with Crippen LogP contribution in [0, 0.1) is 0 Å². The first-order valence-electron chi connectivity index (χ1n) is 10.4. The number of hydrogen-bond acceptors (Lipinski definition) is 5. The van der Waals surface area contributed by atoms with Gasteiger partial charge in [-0.1, -0.05) is 11.6 Å². The quantitative estimate of drug-likeness (QED) is 0.448. The van der Waals surface area contributed by atoms with E-state index >= 15 is 0 Å². The normalized spacial score (nSPS) is 14.2. The van der Waals surface area contributed by atoms with Crippen molar-refractivity contribution >= 4 is 23.5 Å². The molecule has 6 nitrogen and oxygen atoms in total. The van der Waals surface area contributed by atoms with E-state index in [0.29, 0.717) is 47.9 Å². The summed E-state index contributed by atoms with van der Waals surface area (Å²) in [4.78, 5) is 27.2. The standard InChI is InChI=1S/C24H22F2N2O4/c1-2-32-23(31)24(25,26)12-17-5-3-4-15-10-19(30)6-7-20(15)22(17)16-8-9-28-13-18(14-29)27-21(28)11-16/h6-11,13-14,30H,2-5,12H2,1H3. The summed E-state index contributed by atoms with van der Waals surface area (Å²) in [6.45, 7) is 1.36. The van der Waals surface area contributed by atoms with Gasteiger partial charge in [-0.05, 0) is 72.7 Å². The molecule has 0 amide bonds. The Morgan fingerprint density at radius 3 is 2.84 bits per heavy atom. The van der Waals surface area contributed by atoms with E-state index in [-0.39, 0.29) is 18.1 Å². The Morgan fingerprint density at radius 1 is 1.28 bits per heavy atom. The minimum Gasteiger partial charge on any atom is -0.508 e. The van der Waals surface area contributed by atoms with E-state index in [1.807, 2.05) is 0 Å². The third kappa shape index (κ3) is 4.12. The first kappa shape index (κ1) is 21.7. The van der Waals surface area contributed by atoms with Gasteiger partial charge in [0, 0.05) is 18.8 Å². The van der Waals surface area contributed by atoms with Crippen molar-refractivity contribution in [3.05, 3.63) is 70.7 Å². The Balaban J connectivity index is 1.90. The van der Waals surface area contributed by atoms with Crippen molar-refractivity contribution in [2.45, 2.75) is 38.5 Å². The van der Waals surface area contributed by atoms with Crippen molar-refractivity contribution in [2.24, 2.45) is 0 Å². The van der Waals surface area contributed by atoms with Gasteiger partial charge in [-0.15, -0.1) is 0 Å². The maximum absolute atomic E-state index is 14.7. The van der Waals surface area contributed by atoms with Crippen LogP contribution in [0.2, 0.25) is 0 Å². The molecule has 0 spiro atoms. The van der Waals surface area contributed by atoms with E-state index in [1.165, 1.54) is 13.0 Å². The maximum atomic E-state index is 14.7. The molecule has 2 heterocycles. The summed E-state index contributed by atoms with van der Waals surface area (Å²) < 4.78 is 35.8. The number of aryl methyl sites for hydroxylation is 1. The number of esters is 1. The summed E-state index contributed by atoms with van der Waals surface area (Å²) in [5.41, 5.74) is 3.98. The topological polar surface area (TPSA) is 80.9 Å². The number of phenols is 1. The highest BCUT2D eigenvalue weighted by Crippen LogP contribution is 2.40. The van der Waals surface area contributed by atoms with E-state index in [9.17, 15) is 23.5 Å². The van der Waals surface area contributed by atoms with Gasteiger partial charge in [-0.3, -0.25) is 4.79 Å². The number of pyridine rings is 1. The molecule has 0 unspecified atom stereocenters. The minimum atomic E-state index is -3.67. The molecule has 1 N–H and O–H groups in total. The van der Waals surface area contributed by atoms with E-state index in [0.717, 1.165) is 11.1 Å². The Bertz CT molecular complexity index is 1230. The monoisotopic (exact) mass is 440 g/mol. The molecule has 8 heteroatoms. The lowest BCUT2D eigenvalue weighted by Gasteiger charge is -2.20. The summed E-state index contributed by atoms with van der Waals surface area (Å²) >= 11 is 0. The molecule has 0 radical (unpaired) electrons. The molecule has 0 saturated carbocycles. The molecule has 4 rings (SSSR count). The SMILES string of the molecule is CCOC(=O)C(F)(F)CC1=C(c2ccn3cc(C=O)nc3c2)c2ccc(O)cc2CCC1. The van der Waals surface area contributed by atoms with Crippen LogP contribution in [0.25, 0.3) is 11.2 Å². The van der Waals surface area contributed by atoms with Crippen LogP contribution in [-0.2, 0) is 16.0 Å². The first-order valence-corrected chi connectivity index (χ1v) is 10.4. The van der Waals surface area contributed by atoms with E-state index in [4.69, 9.17) is 0 Å². The predicted molar refractivity (Wildman–Crippen MR) is 114 cm³/mol. The number of fused-ring (bicyclic) bond motifs is 2. The van der Waals surface area contributed by atoms with Gasteiger partial charge in [0.1, 0.15) is 17.1 Å². The number of alkyl halides is 2. The number of rotatable bonds is 6. The average molecular weight is 440 g/mol. The van der Waals surface area contributed by atoms with Crippen LogP contribution in [-0.4, -0.2) is 39.3 Å². The van der Waals surface area contributed by atoms with Gasteiger partial charge >= 0.3 is 11.9 Å². The lowest BCUT2D eigenvalue weighted by atomic mass is 9.88. The van der Waals surface area contributed by atoms with Gasteiger partial charge in [0.15, 0.2) is 6.29 Å². The van der Waals surface area contributed by atoms with Crippen molar-refractivity contribution in [1.82, 2.24) is 9.38 Å². The molecule has 0 fully saturated rings. The molecule has 2 aromatic heterocycles. The van der Waals surface area contributed by atoms with Gasteiger partial charge in [0.2, 0.25) is 0 Å². The van der Waals surface area contributed by atoms with Gasteiger partial charge in [0.25, 0.3) is 0 Å². The molecule has 32 heavy (non-hydrogen) atoms. The summed E-state index contributed by atoms with van der Waals surface area (Å²) in [6, 6.07) is 8.36. The number of allylic oxidation sites excluding steroid dienone is 1. The Labute approximate surface area is 183 Å². The van der Waals surface area contributed by atoms with Crippen molar-refractivity contribution < 1.29 is 28.2 Å². The van der Waals surface area contributed by atoms with Crippen molar-refractivity contribution in [1.29, 1.82) is 0 Å². The Kier molecular flexibility index (Phi) is 5.78. The van der Waals surface area contributed by atoms with Crippen LogP contribution in [0.4, 0.5) is 8.78 Å². The predicted octanol–water partition coefficient (Wildman–Crippen LogP) is 4.58. The lowest BCUT2D eigenvalue weighted by molar-refractivity contribution is -0.171. The molecule has 3 aromatic rings. The number of aromatic hydroxyl groups is 1. The zero-order valence-corrected chi connectivity index (χ0v) is 17.5. The number of carbonyl (C=O) groups is 2. The lowest BCUT2D eigenvalue weighted by Crippen LogP contribution is -2.31. The number of phenolic OH excluding ortho intramolecular Hbond substituents is 1. The molecular weight excluding hydrogens is 418 g/mol. The molecule has 1 aliphatic rings. The van der Waals surface area contributed by atoms with Crippen LogP contribution in [0.5, 0.6) is 5.75 Å². The fourth-order valence-corrected chi connectivity index (χ4v) is 4.17. The molecule has 1 aromatic carbocycles. The maximum Gasteiger partial charge on any atom is 0.377 e. The number of nitrogens with zero attached hydrogens (tertiary/aromatic N) is 2. The third-order valence-electron chi connectivity index (χ3n) is 5.53. The van der Waals surface area contributed by atoms with Crippen LogP contribution < -0.4 is 0 Å². The largest absolute Gasteiger partial charge is 0.508 e. The number of carbonyl (C=O) groups excluding carboxylic acids is 2. The summed E-state index contributed by atoms with van der Waals surface area (Å²) in [5, 5.41) is 9.95. The number of aldehydes is 1. The number of aromatic nitrogens is 2. The summed E-state index contributed by atoms with van der Waals surface area (Å²) in [6.07, 6.45) is 4.72. The van der Waals surface area contributed by atoms with Gasteiger partial charge < -0.3 is 14.2 Å². The zero-order chi connectivity index (χ0) is 22.9. The van der Waals surface area contributed by atoms with Crippen molar-refractivity contribution in [3.8, 4) is 5.75 Å². The fourth-order valence-electron chi connectivity index (χ4n) is 4.17. The molecule has 0 aliphatic heterocycles. The highest BCUT2D eigenvalue weighted by molar-refractivity contribution is 5.87. The summed E-state index contributed by atoms with van der Waals surface area (Å²) in [7, 11) is 0. The van der Waals surface area contributed by atoms with Crippen molar-refractivity contribution in [3.63, 3.8) is 0 Å². The third-order valence-corrected chi connectivity index (χ3v) is 5.53. The zero-order valence-electron chi connectivity index (χ0n) is 17.5. The second kappa shape index (κ2) is 8.53. The van der Waals surface area contributed by atoms with Gasteiger partial charge in [-0.25, -0.2) is 9.78 Å². The smallest absolute Gasteiger partial charge is 0.377 e. The summed E-state index contributed by atoms with van der Waals surface area (Å²) in [5.74, 6) is -5.11. The molecule has 0 atom stereocenters. The van der Waals surface area contributed by atoms with Gasteiger partial charge in [-0.2, -0.15) is 8.78 Å². The van der Waals surface area contributed by atoms with Crippen LogP contribution in [0.15, 0.2) is 48.3 Å². The molecule has 166 valence electrons. The molecule has 1 aliphatic carbocycles. The number of imidazole rings is 1. The number of hydrogen-bond donors (Lipinski definition) is 1. The average Bonchev–Trinajstić information content (AvgIpc) is 3.09. The van der Waals surface area contributed by atoms with Crippen LogP contribution in [0.1, 0.15) is 53.4 Å². The molecule has 0 bridgehead atoms. The molecule has 0 saturated heterocycles.